The summed E-state index contributed by atoms with van der Waals surface area (Å²) in [5.41, 5.74) is 17.7. The number of anilines is 3. The van der Waals surface area contributed by atoms with E-state index >= 15 is 0 Å². The number of hydrogen-bond acceptors (Lipinski definition) is 1. The Morgan fingerprint density at radius 2 is 0.625 bits per heavy atom. The highest BCUT2D eigenvalue weighted by atomic mass is 15.1. The fourth-order valence-electron chi connectivity index (χ4n) is 8.85. The first-order valence-corrected chi connectivity index (χ1v) is 19.3. The van der Waals surface area contributed by atoms with Crippen LogP contribution in [-0.4, -0.2) is 0 Å². The molecule has 0 radical (unpaired) electrons. The first-order chi connectivity index (χ1) is 27.8. The van der Waals surface area contributed by atoms with E-state index in [9.17, 15) is 0 Å². The molecule has 0 amide bonds. The van der Waals surface area contributed by atoms with Gasteiger partial charge in [-0.1, -0.05) is 200 Å². The minimum atomic E-state index is -0.488. The Labute approximate surface area is 329 Å². The van der Waals surface area contributed by atoms with E-state index in [0.717, 1.165) is 17.1 Å². The number of benzene rings is 9. The van der Waals surface area contributed by atoms with Crippen LogP contribution in [0.3, 0.4) is 0 Å². The van der Waals surface area contributed by atoms with Crippen molar-refractivity contribution in [3.63, 3.8) is 0 Å². The maximum atomic E-state index is 2.44. The quantitative estimate of drug-likeness (QED) is 0.152. The summed E-state index contributed by atoms with van der Waals surface area (Å²) in [7, 11) is 0. The molecule has 10 rings (SSSR count). The van der Waals surface area contributed by atoms with Crippen LogP contribution in [0.2, 0.25) is 0 Å². The average molecular weight is 714 g/mol. The lowest BCUT2D eigenvalue weighted by Gasteiger charge is -2.35. The molecule has 0 saturated heterocycles. The van der Waals surface area contributed by atoms with Crippen LogP contribution in [0.25, 0.3) is 44.5 Å². The third-order valence-electron chi connectivity index (χ3n) is 11.4. The van der Waals surface area contributed by atoms with Gasteiger partial charge in [0.25, 0.3) is 0 Å². The molecule has 0 fully saturated rings. The van der Waals surface area contributed by atoms with Gasteiger partial charge in [-0.05, 0) is 103 Å². The molecule has 0 aliphatic heterocycles. The van der Waals surface area contributed by atoms with Gasteiger partial charge in [0.2, 0.25) is 0 Å². The zero-order chi connectivity index (χ0) is 37.3. The molecule has 56 heavy (non-hydrogen) atoms. The summed E-state index contributed by atoms with van der Waals surface area (Å²) in [6.07, 6.45) is 0. The van der Waals surface area contributed by atoms with Gasteiger partial charge in [-0.25, -0.2) is 0 Å². The van der Waals surface area contributed by atoms with Crippen molar-refractivity contribution in [2.45, 2.75) is 5.41 Å². The Hall–Kier alpha value is -7.22. The van der Waals surface area contributed by atoms with Gasteiger partial charge in [-0.3, -0.25) is 0 Å². The van der Waals surface area contributed by atoms with E-state index in [0.29, 0.717) is 0 Å². The monoisotopic (exact) mass is 713 g/mol. The maximum absolute atomic E-state index is 2.44. The van der Waals surface area contributed by atoms with Crippen LogP contribution < -0.4 is 4.90 Å². The predicted octanol–water partition coefficient (Wildman–Crippen LogP) is 14.5. The van der Waals surface area contributed by atoms with Crippen LogP contribution in [0.1, 0.15) is 22.3 Å². The second-order valence-electron chi connectivity index (χ2n) is 14.5. The van der Waals surface area contributed by atoms with Crippen molar-refractivity contribution in [3.8, 4) is 44.5 Å². The normalized spacial score (nSPS) is 12.4. The first kappa shape index (κ1) is 33.4. The predicted molar refractivity (Wildman–Crippen MR) is 235 cm³/mol. The molecule has 0 bridgehead atoms. The van der Waals surface area contributed by atoms with Gasteiger partial charge in [0.05, 0.1) is 5.41 Å². The van der Waals surface area contributed by atoms with Crippen molar-refractivity contribution in [2.75, 3.05) is 4.90 Å². The molecule has 9 aromatic rings. The van der Waals surface area contributed by atoms with Gasteiger partial charge in [0.15, 0.2) is 0 Å². The van der Waals surface area contributed by atoms with Crippen molar-refractivity contribution in [1.29, 1.82) is 0 Å². The Balaban J connectivity index is 1.16. The van der Waals surface area contributed by atoms with Gasteiger partial charge in [-0.15, -0.1) is 0 Å². The van der Waals surface area contributed by atoms with Crippen LogP contribution in [0.4, 0.5) is 17.1 Å². The van der Waals surface area contributed by atoms with E-state index in [1.54, 1.807) is 0 Å². The van der Waals surface area contributed by atoms with Gasteiger partial charge >= 0.3 is 0 Å². The molecule has 1 heteroatoms. The second kappa shape index (κ2) is 14.2. The molecule has 0 unspecified atom stereocenters. The largest absolute Gasteiger partial charge is 0.310 e. The lowest BCUT2D eigenvalue weighted by atomic mass is 9.67. The summed E-state index contributed by atoms with van der Waals surface area (Å²) >= 11 is 0. The smallest absolute Gasteiger partial charge is 0.0714 e. The molecule has 0 spiro atoms. The van der Waals surface area contributed by atoms with E-state index in [1.165, 1.54) is 66.8 Å². The fraction of sp³-hybridized carbons (Fsp3) is 0.0182. The third kappa shape index (κ3) is 5.65. The van der Waals surface area contributed by atoms with Crippen molar-refractivity contribution >= 4 is 17.1 Å². The summed E-state index contributed by atoms with van der Waals surface area (Å²) in [4.78, 5) is 2.41. The number of fused-ring (bicyclic) bond motifs is 3. The number of nitrogens with zero attached hydrogens (tertiary/aromatic N) is 1. The zero-order valence-electron chi connectivity index (χ0n) is 31.0. The number of rotatable bonds is 8. The van der Waals surface area contributed by atoms with Gasteiger partial charge in [-0.2, -0.15) is 0 Å². The summed E-state index contributed by atoms with van der Waals surface area (Å²) < 4.78 is 0. The topological polar surface area (TPSA) is 3.24 Å². The molecule has 9 aromatic carbocycles. The van der Waals surface area contributed by atoms with E-state index in [1.807, 2.05) is 0 Å². The lowest BCUT2D eigenvalue weighted by Crippen LogP contribution is -2.28. The Bertz CT molecular complexity index is 2710. The number of hydrogen-bond donors (Lipinski definition) is 0. The van der Waals surface area contributed by atoms with Crippen molar-refractivity contribution in [1.82, 2.24) is 0 Å². The highest BCUT2D eigenvalue weighted by molar-refractivity contribution is 5.90. The standard InChI is InChI=1S/C55H39N/c1-5-17-40(18-6-1)41-29-33-46(34-30-41)56(47-35-31-43(32-36-47)50-26-14-13-25-49(50)42-19-7-2-8-20-42)48-37-38-52-51-27-15-16-28-53(51)55(54(52)39-48,44-21-9-3-10-22-44)45-23-11-4-12-24-45/h1-39H. The molecule has 264 valence electrons. The SMILES string of the molecule is c1ccc(-c2ccc(N(c3ccc(-c4ccccc4-c4ccccc4)cc3)c3ccc4c(c3)C(c3ccccc3)(c3ccccc3)c3ccccc3-4)cc2)cc1. The average Bonchev–Trinajstić information content (AvgIpc) is 3.58. The highest BCUT2D eigenvalue weighted by Gasteiger charge is 2.46. The van der Waals surface area contributed by atoms with Crippen LogP contribution in [0.5, 0.6) is 0 Å². The molecule has 0 aromatic heterocycles. The Morgan fingerprint density at radius 3 is 1.18 bits per heavy atom. The maximum Gasteiger partial charge on any atom is 0.0714 e. The Morgan fingerprint density at radius 1 is 0.250 bits per heavy atom. The minimum Gasteiger partial charge on any atom is -0.310 e. The first-order valence-electron chi connectivity index (χ1n) is 19.3. The Kier molecular flexibility index (Phi) is 8.46. The second-order valence-corrected chi connectivity index (χ2v) is 14.5. The minimum absolute atomic E-state index is 0.488. The molecular formula is C55H39N. The molecule has 0 heterocycles. The fourth-order valence-corrected chi connectivity index (χ4v) is 8.85. The van der Waals surface area contributed by atoms with Crippen LogP contribution in [0, 0.1) is 0 Å². The summed E-state index contributed by atoms with van der Waals surface area (Å²) in [6.45, 7) is 0. The van der Waals surface area contributed by atoms with Crippen LogP contribution in [-0.2, 0) is 5.41 Å². The van der Waals surface area contributed by atoms with Gasteiger partial charge < -0.3 is 4.90 Å². The van der Waals surface area contributed by atoms with Gasteiger partial charge in [0.1, 0.15) is 0 Å². The molecule has 1 aliphatic carbocycles. The van der Waals surface area contributed by atoms with Crippen LogP contribution >= 0.6 is 0 Å². The highest BCUT2D eigenvalue weighted by Crippen LogP contribution is 2.57. The molecular weight excluding hydrogens is 675 g/mol. The molecule has 1 nitrogen and oxygen atoms in total. The van der Waals surface area contributed by atoms with Crippen molar-refractivity contribution < 1.29 is 0 Å². The summed E-state index contributed by atoms with van der Waals surface area (Å²) in [5, 5.41) is 0. The van der Waals surface area contributed by atoms with E-state index < -0.39 is 5.41 Å². The van der Waals surface area contributed by atoms with Crippen molar-refractivity contribution in [2.24, 2.45) is 0 Å². The van der Waals surface area contributed by atoms with E-state index in [-0.39, 0.29) is 0 Å². The van der Waals surface area contributed by atoms with E-state index in [4.69, 9.17) is 0 Å². The van der Waals surface area contributed by atoms with E-state index in [2.05, 4.69) is 241 Å². The summed E-state index contributed by atoms with van der Waals surface area (Å²) in [6, 6.07) is 86.1. The molecule has 0 atom stereocenters. The molecule has 0 N–H and O–H groups in total. The molecule has 0 saturated carbocycles. The van der Waals surface area contributed by atoms with Gasteiger partial charge in [0, 0.05) is 17.1 Å². The summed E-state index contributed by atoms with van der Waals surface area (Å²) in [5.74, 6) is 0. The third-order valence-corrected chi connectivity index (χ3v) is 11.4. The van der Waals surface area contributed by atoms with Crippen LogP contribution in [0.15, 0.2) is 237 Å². The molecule has 1 aliphatic rings. The van der Waals surface area contributed by atoms with Crippen molar-refractivity contribution in [3.05, 3.63) is 259 Å². The zero-order valence-corrected chi connectivity index (χ0v) is 31.0. The lowest BCUT2D eigenvalue weighted by molar-refractivity contribution is 0.768.